The molecule has 1 aromatic rings. The monoisotopic (exact) mass is 342 g/mol. The van der Waals surface area contributed by atoms with E-state index in [1.54, 1.807) is 13.0 Å². The Balaban J connectivity index is 1.94. The number of likely N-dealkylation sites (tertiary alicyclic amines) is 1. The van der Waals surface area contributed by atoms with E-state index in [1.807, 2.05) is 0 Å². The summed E-state index contributed by atoms with van der Waals surface area (Å²) in [5.41, 5.74) is 0.444. The summed E-state index contributed by atoms with van der Waals surface area (Å²) in [6, 6.07) is 4.16. The molecule has 0 aliphatic carbocycles. The minimum Gasteiger partial charge on any atom is -0.374 e. The third kappa shape index (κ3) is 3.03. The summed E-state index contributed by atoms with van der Waals surface area (Å²) in [6.07, 6.45) is 0.574. The zero-order chi connectivity index (χ0) is 16.6. The van der Waals surface area contributed by atoms with Crippen LogP contribution in [0.3, 0.4) is 0 Å². The Bertz CT molecular complexity index is 660. The fraction of sp³-hybridized carbons (Fsp3) is 0.625. The second-order valence-corrected chi connectivity index (χ2v) is 7.99. The first-order valence-corrected chi connectivity index (χ1v) is 9.50. The number of morpholine rings is 1. The standard InChI is InChI=1S/C16H23FN2O3S/c1-3-18-8-7-14-15(11-18)22-10-9-19(14)23(20,21)16-12(2)5-4-6-13(16)17/h4-6,14-15H,3,7-11H2,1-2H3/t14-,15-/m1/s1. The molecule has 2 aliphatic heterocycles. The number of sulfonamides is 1. The van der Waals surface area contributed by atoms with Gasteiger partial charge in [-0.2, -0.15) is 4.31 Å². The molecular formula is C16H23FN2O3S. The highest BCUT2D eigenvalue weighted by atomic mass is 32.2. The van der Waals surface area contributed by atoms with Crippen molar-refractivity contribution in [3.8, 4) is 0 Å². The van der Waals surface area contributed by atoms with Crippen molar-refractivity contribution in [3.05, 3.63) is 29.6 Å². The first-order chi connectivity index (χ1) is 10.9. The molecule has 0 unspecified atom stereocenters. The van der Waals surface area contributed by atoms with Crippen LogP contribution >= 0.6 is 0 Å². The van der Waals surface area contributed by atoms with E-state index in [9.17, 15) is 12.8 Å². The van der Waals surface area contributed by atoms with Crippen LogP contribution in [0.5, 0.6) is 0 Å². The van der Waals surface area contributed by atoms with E-state index in [1.165, 1.54) is 16.4 Å². The molecule has 128 valence electrons. The maximum atomic E-state index is 14.2. The zero-order valence-corrected chi connectivity index (χ0v) is 14.4. The number of hydrogen-bond acceptors (Lipinski definition) is 4. The van der Waals surface area contributed by atoms with Gasteiger partial charge in [-0.05, 0) is 38.1 Å². The first-order valence-electron chi connectivity index (χ1n) is 8.06. The van der Waals surface area contributed by atoms with Crippen molar-refractivity contribution in [2.24, 2.45) is 0 Å². The van der Waals surface area contributed by atoms with Crippen LogP contribution in [0, 0.1) is 12.7 Å². The maximum absolute atomic E-state index is 14.2. The smallest absolute Gasteiger partial charge is 0.246 e. The van der Waals surface area contributed by atoms with E-state index in [2.05, 4.69) is 11.8 Å². The summed E-state index contributed by atoms with van der Waals surface area (Å²) in [6.45, 7) is 6.83. The number of halogens is 1. The van der Waals surface area contributed by atoms with Crippen molar-refractivity contribution in [2.45, 2.75) is 37.3 Å². The molecule has 7 heteroatoms. The number of ether oxygens (including phenoxy) is 1. The van der Waals surface area contributed by atoms with Gasteiger partial charge in [0.05, 0.1) is 18.8 Å². The van der Waals surface area contributed by atoms with Crippen LogP contribution < -0.4 is 0 Å². The molecule has 0 spiro atoms. The Morgan fingerprint density at radius 3 is 2.83 bits per heavy atom. The van der Waals surface area contributed by atoms with E-state index < -0.39 is 15.8 Å². The fourth-order valence-corrected chi connectivity index (χ4v) is 5.50. The molecule has 23 heavy (non-hydrogen) atoms. The van der Waals surface area contributed by atoms with Crippen LogP contribution in [0.2, 0.25) is 0 Å². The molecule has 5 nitrogen and oxygen atoms in total. The lowest BCUT2D eigenvalue weighted by atomic mass is 10.0. The number of piperidine rings is 1. The largest absolute Gasteiger partial charge is 0.374 e. The lowest BCUT2D eigenvalue weighted by molar-refractivity contribution is -0.0773. The highest BCUT2D eigenvalue weighted by molar-refractivity contribution is 7.89. The zero-order valence-electron chi connectivity index (χ0n) is 13.5. The molecule has 0 N–H and O–H groups in total. The van der Waals surface area contributed by atoms with Gasteiger partial charge in [-0.1, -0.05) is 19.1 Å². The summed E-state index contributed by atoms with van der Waals surface area (Å²) in [5, 5.41) is 0. The molecular weight excluding hydrogens is 319 g/mol. The van der Waals surface area contributed by atoms with E-state index in [0.717, 1.165) is 19.6 Å². The van der Waals surface area contributed by atoms with Crippen molar-refractivity contribution < 1.29 is 17.5 Å². The van der Waals surface area contributed by atoms with Crippen LogP contribution in [-0.2, 0) is 14.8 Å². The molecule has 0 amide bonds. The van der Waals surface area contributed by atoms with Gasteiger partial charge in [0.2, 0.25) is 10.0 Å². The normalized spacial score (nSPS) is 26.9. The fourth-order valence-electron chi connectivity index (χ4n) is 3.57. The molecule has 0 bridgehead atoms. The van der Waals surface area contributed by atoms with Crippen LogP contribution in [0.1, 0.15) is 18.9 Å². The minimum atomic E-state index is -3.86. The topological polar surface area (TPSA) is 49.9 Å². The van der Waals surface area contributed by atoms with Gasteiger partial charge in [-0.25, -0.2) is 12.8 Å². The Hall–Kier alpha value is -1.02. The number of rotatable bonds is 3. The second kappa shape index (κ2) is 6.47. The maximum Gasteiger partial charge on any atom is 0.246 e. The van der Waals surface area contributed by atoms with Crippen molar-refractivity contribution in [2.75, 3.05) is 32.8 Å². The van der Waals surface area contributed by atoms with Crippen molar-refractivity contribution >= 4 is 10.0 Å². The van der Waals surface area contributed by atoms with Crippen LogP contribution in [0.4, 0.5) is 4.39 Å². The van der Waals surface area contributed by atoms with E-state index in [0.29, 0.717) is 18.6 Å². The second-order valence-electron chi connectivity index (χ2n) is 6.16. The average Bonchev–Trinajstić information content (AvgIpc) is 2.53. The van der Waals surface area contributed by atoms with Gasteiger partial charge in [0.25, 0.3) is 0 Å². The summed E-state index contributed by atoms with van der Waals surface area (Å²) >= 11 is 0. The lowest BCUT2D eigenvalue weighted by Gasteiger charge is -2.45. The van der Waals surface area contributed by atoms with Crippen molar-refractivity contribution in [1.29, 1.82) is 0 Å². The lowest BCUT2D eigenvalue weighted by Crippen LogP contribution is -2.60. The molecule has 2 saturated heterocycles. The number of nitrogens with zero attached hydrogens (tertiary/aromatic N) is 2. The molecule has 3 rings (SSSR count). The van der Waals surface area contributed by atoms with Crippen LogP contribution in [0.15, 0.2) is 23.1 Å². The van der Waals surface area contributed by atoms with Crippen LogP contribution in [0.25, 0.3) is 0 Å². The quantitative estimate of drug-likeness (QED) is 0.838. The minimum absolute atomic E-state index is 0.140. The number of benzene rings is 1. The third-order valence-electron chi connectivity index (χ3n) is 4.80. The number of fused-ring (bicyclic) bond motifs is 1. The number of hydrogen-bond donors (Lipinski definition) is 0. The van der Waals surface area contributed by atoms with E-state index in [4.69, 9.17) is 4.74 Å². The Labute approximate surface area is 137 Å². The molecule has 2 atom stereocenters. The molecule has 0 radical (unpaired) electrons. The third-order valence-corrected chi connectivity index (χ3v) is 6.90. The molecule has 2 fully saturated rings. The van der Waals surface area contributed by atoms with Crippen LogP contribution in [-0.4, -0.2) is 62.6 Å². The molecule has 2 aliphatic rings. The Morgan fingerprint density at radius 1 is 1.35 bits per heavy atom. The predicted molar refractivity (Wildman–Crippen MR) is 85.3 cm³/mol. The van der Waals surface area contributed by atoms with Gasteiger partial charge in [-0.3, -0.25) is 0 Å². The Morgan fingerprint density at radius 2 is 2.13 bits per heavy atom. The highest BCUT2D eigenvalue weighted by Crippen LogP contribution is 2.31. The van der Waals surface area contributed by atoms with Gasteiger partial charge in [-0.15, -0.1) is 0 Å². The summed E-state index contributed by atoms with van der Waals surface area (Å²) in [5.74, 6) is -0.681. The predicted octanol–water partition coefficient (Wildman–Crippen LogP) is 1.62. The summed E-state index contributed by atoms with van der Waals surface area (Å²) in [7, 11) is -3.86. The average molecular weight is 342 g/mol. The molecule has 0 aromatic heterocycles. The van der Waals surface area contributed by atoms with Crippen molar-refractivity contribution in [1.82, 2.24) is 9.21 Å². The van der Waals surface area contributed by atoms with Gasteiger partial charge >= 0.3 is 0 Å². The first kappa shape index (κ1) is 16.8. The van der Waals surface area contributed by atoms with Gasteiger partial charge < -0.3 is 9.64 Å². The number of aryl methyl sites for hydroxylation is 1. The van der Waals surface area contributed by atoms with Gasteiger partial charge in [0, 0.05) is 13.1 Å². The Kier molecular flexibility index (Phi) is 4.73. The summed E-state index contributed by atoms with van der Waals surface area (Å²) < 4.78 is 47.6. The van der Waals surface area contributed by atoms with Gasteiger partial charge in [0.15, 0.2) is 0 Å². The van der Waals surface area contributed by atoms with E-state index in [-0.39, 0.29) is 23.6 Å². The highest BCUT2D eigenvalue weighted by Gasteiger charge is 2.43. The molecule has 1 aromatic carbocycles. The van der Waals surface area contributed by atoms with E-state index >= 15 is 0 Å². The molecule has 0 saturated carbocycles. The summed E-state index contributed by atoms with van der Waals surface area (Å²) in [4.78, 5) is 2.06. The SMILES string of the molecule is CCN1CC[C@@H]2[C@@H](C1)OCCN2S(=O)(=O)c1c(C)cccc1F. The van der Waals surface area contributed by atoms with Gasteiger partial charge in [0.1, 0.15) is 10.7 Å². The number of likely N-dealkylation sites (N-methyl/N-ethyl adjacent to an activating group) is 1. The van der Waals surface area contributed by atoms with Crippen molar-refractivity contribution in [3.63, 3.8) is 0 Å². The molecule has 2 heterocycles.